The van der Waals surface area contributed by atoms with Crippen molar-refractivity contribution in [3.8, 4) is 0 Å². The van der Waals surface area contributed by atoms with E-state index in [1.54, 1.807) is 13.8 Å². The van der Waals surface area contributed by atoms with Gasteiger partial charge in [-0.05, 0) is 32.0 Å². The molecule has 0 atom stereocenters. The number of carbonyl (C=O) groups is 2. The Morgan fingerprint density at radius 2 is 2.00 bits per heavy atom. The highest BCUT2D eigenvalue weighted by Crippen LogP contribution is 2.10. The minimum Gasteiger partial charge on any atom is -0.478 e. The second-order valence-corrected chi connectivity index (χ2v) is 6.92. The summed E-state index contributed by atoms with van der Waals surface area (Å²) in [6.45, 7) is 3.17. The van der Waals surface area contributed by atoms with Crippen LogP contribution in [0.2, 0.25) is 0 Å². The van der Waals surface area contributed by atoms with Crippen molar-refractivity contribution in [2.45, 2.75) is 20.0 Å². The third-order valence-electron chi connectivity index (χ3n) is 2.65. The summed E-state index contributed by atoms with van der Waals surface area (Å²) in [6.07, 6.45) is -0.0741. The Morgan fingerprint density at radius 3 is 2.61 bits per heavy atom. The minimum atomic E-state index is -3.62. The number of amides is 1. The lowest BCUT2D eigenvalue weighted by atomic mass is 10.2. The van der Waals surface area contributed by atoms with Gasteiger partial charge in [-0.1, -0.05) is 6.07 Å². The predicted octanol–water partition coefficient (Wildman–Crippen LogP) is 0.668. The van der Waals surface area contributed by atoms with Gasteiger partial charge in [0.05, 0.1) is 30.6 Å². The van der Waals surface area contributed by atoms with E-state index >= 15 is 0 Å². The van der Waals surface area contributed by atoms with Gasteiger partial charge in [0.15, 0.2) is 0 Å². The fraction of sp³-hybridized carbons (Fsp3) is 0.429. The van der Waals surface area contributed by atoms with Crippen molar-refractivity contribution in [3.63, 3.8) is 0 Å². The van der Waals surface area contributed by atoms with E-state index in [2.05, 4.69) is 10.0 Å². The van der Waals surface area contributed by atoms with Crippen molar-refractivity contribution in [1.29, 1.82) is 0 Å². The Bertz CT molecular complexity index is 657. The molecule has 0 fully saturated rings. The zero-order chi connectivity index (χ0) is 17.5. The van der Waals surface area contributed by atoms with Gasteiger partial charge in [-0.2, -0.15) is 0 Å². The Kier molecular flexibility index (Phi) is 7.14. The van der Waals surface area contributed by atoms with Crippen LogP contribution in [0.25, 0.3) is 0 Å². The molecule has 128 valence electrons. The molecule has 0 unspecified atom stereocenters. The van der Waals surface area contributed by atoms with Crippen molar-refractivity contribution < 1.29 is 27.9 Å². The first-order valence-corrected chi connectivity index (χ1v) is 8.57. The van der Waals surface area contributed by atoms with Crippen LogP contribution in [0.5, 0.6) is 0 Å². The summed E-state index contributed by atoms with van der Waals surface area (Å²) >= 11 is 0. The number of rotatable bonds is 9. The first kappa shape index (κ1) is 19.1. The molecular formula is C14H20N2O6S. The number of carboxylic acid groups (broad SMARTS) is 1. The summed E-state index contributed by atoms with van der Waals surface area (Å²) in [5.74, 6) is -1.96. The number of nitrogens with one attached hydrogen (secondary N) is 2. The fourth-order valence-electron chi connectivity index (χ4n) is 1.58. The molecule has 0 aliphatic heterocycles. The van der Waals surface area contributed by atoms with E-state index in [1.165, 1.54) is 24.3 Å². The number of aromatic carboxylic acids is 1. The van der Waals surface area contributed by atoms with Crippen molar-refractivity contribution in [1.82, 2.24) is 4.72 Å². The molecular weight excluding hydrogens is 324 g/mol. The Labute approximate surface area is 134 Å². The molecule has 3 N–H and O–H groups in total. The zero-order valence-corrected chi connectivity index (χ0v) is 13.7. The Balaban J connectivity index is 2.47. The molecule has 0 bridgehead atoms. The van der Waals surface area contributed by atoms with Crippen molar-refractivity contribution in [2.24, 2.45) is 0 Å². The molecule has 1 aromatic carbocycles. The molecule has 9 heteroatoms. The maximum absolute atomic E-state index is 11.7. The first-order chi connectivity index (χ1) is 10.7. The van der Waals surface area contributed by atoms with E-state index < -0.39 is 28.4 Å². The van der Waals surface area contributed by atoms with Crippen LogP contribution in [-0.2, 0) is 19.6 Å². The SMILES string of the molecule is CC(C)OCCS(=O)(=O)NCC(=O)Nc1cccc(C(=O)O)c1. The summed E-state index contributed by atoms with van der Waals surface area (Å²) in [5, 5.41) is 11.3. The van der Waals surface area contributed by atoms with Crippen LogP contribution >= 0.6 is 0 Å². The number of anilines is 1. The number of carboxylic acids is 1. The lowest BCUT2D eigenvalue weighted by molar-refractivity contribution is -0.115. The third-order valence-corrected chi connectivity index (χ3v) is 3.94. The van der Waals surface area contributed by atoms with E-state index in [-0.39, 0.29) is 29.7 Å². The summed E-state index contributed by atoms with van der Waals surface area (Å²) in [4.78, 5) is 22.5. The second kappa shape index (κ2) is 8.61. The van der Waals surface area contributed by atoms with Gasteiger partial charge in [0, 0.05) is 5.69 Å². The van der Waals surface area contributed by atoms with Gasteiger partial charge in [0.2, 0.25) is 15.9 Å². The minimum absolute atomic E-state index is 0.0224. The number of ether oxygens (including phenoxy) is 1. The predicted molar refractivity (Wildman–Crippen MR) is 84.9 cm³/mol. The third kappa shape index (κ3) is 7.73. The molecule has 0 spiro atoms. The number of hydrogen-bond donors (Lipinski definition) is 3. The van der Waals surface area contributed by atoms with Gasteiger partial charge >= 0.3 is 5.97 Å². The van der Waals surface area contributed by atoms with Crippen molar-refractivity contribution in [3.05, 3.63) is 29.8 Å². The molecule has 0 saturated carbocycles. The number of benzene rings is 1. The molecule has 1 rings (SSSR count). The van der Waals surface area contributed by atoms with Gasteiger partial charge in [0.25, 0.3) is 0 Å². The molecule has 23 heavy (non-hydrogen) atoms. The van der Waals surface area contributed by atoms with Crippen LogP contribution in [0, 0.1) is 0 Å². The van der Waals surface area contributed by atoms with Gasteiger partial charge < -0.3 is 15.2 Å². The first-order valence-electron chi connectivity index (χ1n) is 6.92. The van der Waals surface area contributed by atoms with Crippen molar-refractivity contribution in [2.75, 3.05) is 24.2 Å². The van der Waals surface area contributed by atoms with Gasteiger partial charge in [-0.3, -0.25) is 4.79 Å². The lowest BCUT2D eigenvalue weighted by Crippen LogP contribution is -2.35. The van der Waals surface area contributed by atoms with Gasteiger partial charge in [-0.15, -0.1) is 0 Å². The smallest absolute Gasteiger partial charge is 0.335 e. The quantitative estimate of drug-likeness (QED) is 0.605. The fourth-order valence-corrected chi connectivity index (χ4v) is 2.39. The normalized spacial score (nSPS) is 11.4. The summed E-state index contributed by atoms with van der Waals surface area (Å²) in [5.41, 5.74) is 0.298. The maximum Gasteiger partial charge on any atom is 0.335 e. The van der Waals surface area contributed by atoms with E-state index in [0.29, 0.717) is 0 Å². The van der Waals surface area contributed by atoms with E-state index in [9.17, 15) is 18.0 Å². The molecule has 0 heterocycles. The average molecular weight is 344 g/mol. The molecule has 0 aliphatic carbocycles. The molecule has 0 radical (unpaired) electrons. The highest BCUT2D eigenvalue weighted by atomic mass is 32.2. The van der Waals surface area contributed by atoms with Gasteiger partial charge in [-0.25, -0.2) is 17.9 Å². The summed E-state index contributed by atoms with van der Waals surface area (Å²) in [7, 11) is -3.62. The van der Waals surface area contributed by atoms with Crippen LogP contribution in [0.4, 0.5) is 5.69 Å². The van der Waals surface area contributed by atoms with Crippen LogP contribution in [0.15, 0.2) is 24.3 Å². The van der Waals surface area contributed by atoms with E-state index in [0.717, 1.165) is 0 Å². The Morgan fingerprint density at radius 1 is 1.30 bits per heavy atom. The lowest BCUT2D eigenvalue weighted by Gasteiger charge is -2.10. The number of hydrogen-bond acceptors (Lipinski definition) is 5. The molecule has 0 aliphatic rings. The Hall–Kier alpha value is -1.97. The van der Waals surface area contributed by atoms with Crippen LogP contribution in [0.3, 0.4) is 0 Å². The topological polar surface area (TPSA) is 122 Å². The highest BCUT2D eigenvalue weighted by Gasteiger charge is 2.13. The number of carbonyl (C=O) groups excluding carboxylic acids is 1. The van der Waals surface area contributed by atoms with Crippen LogP contribution in [-0.4, -0.2) is 50.4 Å². The summed E-state index contributed by atoms with van der Waals surface area (Å²) in [6, 6.07) is 5.66. The highest BCUT2D eigenvalue weighted by molar-refractivity contribution is 7.89. The summed E-state index contributed by atoms with van der Waals surface area (Å²) < 4.78 is 30.6. The van der Waals surface area contributed by atoms with Crippen molar-refractivity contribution >= 4 is 27.6 Å². The largest absolute Gasteiger partial charge is 0.478 e. The molecule has 8 nitrogen and oxygen atoms in total. The maximum atomic E-state index is 11.7. The monoisotopic (exact) mass is 344 g/mol. The van der Waals surface area contributed by atoms with E-state index in [4.69, 9.17) is 9.84 Å². The zero-order valence-electron chi connectivity index (χ0n) is 12.9. The number of sulfonamides is 1. The molecule has 1 aromatic rings. The molecule has 0 aromatic heterocycles. The molecule has 1 amide bonds. The van der Waals surface area contributed by atoms with Gasteiger partial charge in [0.1, 0.15) is 0 Å². The molecule has 0 saturated heterocycles. The standard InChI is InChI=1S/C14H20N2O6S/c1-10(2)22-6-7-23(20,21)15-9-13(17)16-12-5-3-4-11(8-12)14(18)19/h3-5,8,10,15H,6-7,9H2,1-2H3,(H,16,17)(H,18,19). The average Bonchev–Trinajstić information content (AvgIpc) is 2.45. The van der Waals surface area contributed by atoms with Crippen LogP contribution < -0.4 is 10.0 Å². The second-order valence-electron chi connectivity index (χ2n) is 4.99. The van der Waals surface area contributed by atoms with Crippen LogP contribution in [0.1, 0.15) is 24.2 Å². The van der Waals surface area contributed by atoms with E-state index in [1.807, 2.05) is 0 Å².